The standard InChI is InChI=1S/C21H25N3OS/c1-14-6-8-15(9-7-14)26-16-10-11-17(18(12-16)25-5)24-20(22)13-19(23-24)21(2,3)4/h6-13H,22H2,1-5H3. The van der Waals surface area contributed by atoms with Gasteiger partial charge < -0.3 is 10.5 Å². The minimum atomic E-state index is -0.0617. The second-order valence-electron chi connectivity index (χ2n) is 7.37. The van der Waals surface area contributed by atoms with Crippen LogP contribution in [0.2, 0.25) is 0 Å². The molecule has 3 rings (SSSR count). The minimum absolute atomic E-state index is 0.0617. The molecule has 1 heterocycles. The molecule has 0 bridgehead atoms. The van der Waals surface area contributed by atoms with E-state index in [4.69, 9.17) is 10.5 Å². The Bertz CT molecular complexity index is 908. The molecule has 0 atom stereocenters. The highest BCUT2D eigenvalue weighted by Gasteiger charge is 2.20. The molecule has 4 nitrogen and oxygen atoms in total. The zero-order valence-electron chi connectivity index (χ0n) is 15.9. The third-order valence-corrected chi connectivity index (χ3v) is 5.14. The number of nitrogen functional groups attached to an aromatic ring is 1. The molecule has 0 unspecified atom stereocenters. The molecule has 3 aromatic rings. The van der Waals surface area contributed by atoms with E-state index in [1.807, 2.05) is 18.2 Å². The Kier molecular flexibility index (Phi) is 5.01. The topological polar surface area (TPSA) is 53.1 Å². The fourth-order valence-electron chi connectivity index (χ4n) is 2.59. The van der Waals surface area contributed by atoms with Crippen molar-refractivity contribution in [1.29, 1.82) is 0 Å². The number of aryl methyl sites for hydroxylation is 1. The summed E-state index contributed by atoms with van der Waals surface area (Å²) in [6.45, 7) is 8.46. The summed E-state index contributed by atoms with van der Waals surface area (Å²) in [5, 5.41) is 4.69. The van der Waals surface area contributed by atoms with E-state index in [9.17, 15) is 0 Å². The molecular weight excluding hydrogens is 342 g/mol. The number of hydrogen-bond donors (Lipinski definition) is 1. The summed E-state index contributed by atoms with van der Waals surface area (Å²) in [5.74, 6) is 1.35. The molecule has 0 aliphatic heterocycles. The van der Waals surface area contributed by atoms with Crippen LogP contribution in [0, 0.1) is 6.92 Å². The number of nitrogens with two attached hydrogens (primary N) is 1. The first kappa shape index (κ1) is 18.4. The lowest BCUT2D eigenvalue weighted by atomic mass is 9.92. The smallest absolute Gasteiger partial charge is 0.145 e. The van der Waals surface area contributed by atoms with E-state index in [1.54, 1.807) is 23.6 Å². The number of rotatable bonds is 4. The van der Waals surface area contributed by atoms with Gasteiger partial charge in [0.2, 0.25) is 0 Å². The van der Waals surface area contributed by atoms with Crippen LogP contribution < -0.4 is 10.5 Å². The van der Waals surface area contributed by atoms with E-state index < -0.39 is 0 Å². The number of methoxy groups -OCH3 is 1. The van der Waals surface area contributed by atoms with Crippen LogP contribution in [-0.2, 0) is 5.41 Å². The summed E-state index contributed by atoms with van der Waals surface area (Å²) in [7, 11) is 1.67. The third-order valence-electron chi connectivity index (χ3n) is 4.14. The van der Waals surface area contributed by atoms with Gasteiger partial charge in [0, 0.05) is 21.3 Å². The molecule has 1 aromatic heterocycles. The zero-order valence-corrected chi connectivity index (χ0v) is 16.7. The Morgan fingerprint density at radius 2 is 1.65 bits per heavy atom. The van der Waals surface area contributed by atoms with Crippen molar-refractivity contribution in [3.05, 3.63) is 59.8 Å². The normalized spacial score (nSPS) is 11.6. The molecule has 0 fully saturated rings. The van der Waals surface area contributed by atoms with E-state index >= 15 is 0 Å². The van der Waals surface area contributed by atoms with Gasteiger partial charge in [-0.3, -0.25) is 0 Å². The van der Waals surface area contributed by atoms with Crippen LogP contribution in [0.3, 0.4) is 0 Å². The van der Waals surface area contributed by atoms with Gasteiger partial charge in [0.15, 0.2) is 0 Å². The van der Waals surface area contributed by atoms with Gasteiger partial charge in [-0.25, -0.2) is 4.68 Å². The lowest BCUT2D eigenvalue weighted by Crippen LogP contribution is -2.12. The summed E-state index contributed by atoms with van der Waals surface area (Å²) in [4.78, 5) is 2.30. The quantitative estimate of drug-likeness (QED) is 0.687. The molecule has 2 aromatic carbocycles. The van der Waals surface area contributed by atoms with Crippen LogP contribution in [0.25, 0.3) is 5.69 Å². The van der Waals surface area contributed by atoms with Crippen molar-refractivity contribution in [3.8, 4) is 11.4 Å². The summed E-state index contributed by atoms with van der Waals surface area (Å²) in [6.07, 6.45) is 0. The number of anilines is 1. The van der Waals surface area contributed by atoms with E-state index in [0.717, 1.165) is 22.0 Å². The lowest BCUT2D eigenvalue weighted by molar-refractivity contribution is 0.410. The van der Waals surface area contributed by atoms with Gasteiger partial charge in [0.25, 0.3) is 0 Å². The number of nitrogens with zero attached hydrogens (tertiary/aromatic N) is 2. The number of hydrogen-bond acceptors (Lipinski definition) is 4. The highest BCUT2D eigenvalue weighted by Crippen LogP contribution is 2.35. The Balaban J connectivity index is 1.94. The monoisotopic (exact) mass is 367 g/mol. The first-order valence-corrected chi connectivity index (χ1v) is 9.38. The van der Waals surface area contributed by atoms with Crippen molar-refractivity contribution < 1.29 is 4.74 Å². The number of benzene rings is 2. The van der Waals surface area contributed by atoms with Crippen molar-refractivity contribution in [2.75, 3.05) is 12.8 Å². The lowest BCUT2D eigenvalue weighted by Gasteiger charge is -2.15. The summed E-state index contributed by atoms with van der Waals surface area (Å²) >= 11 is 1.70. The second kappa shape index (κ2) is 7.08. The zero-order chi connectivity index (χ0) is 18.9. The molecule has 2 N–H and O–H groups in total. The fraction of sp³-hybridized carbons (Fsp3) is 0.286. The molecule has 136 valence electrons. The molecule has 0 spiro atoms. The Morgan fingerprint density at radius 1 is 1.00 bits per heavy atom. The van der Waals surface area contributed by atoms with Gasteiger partial charge in [-0.15, -0.1) is 0 Å². The maximum Gasteiger partial charge on any atom is 0.145 e. The molecular formula is C21H25N3OS. The van der Waals surface area contributed by atoms with Crippen molar-refractivity contribution in [1.82, 2.24) is 9.78 Å². The number of aromatic nitrogens is 2. The maximum atomic E-state index is 6.21. The molecule has 0 amide bonds. The van der Waals surface area contributed by atoms with E-state index in [0.29, 0.717) is 5.82 Å². The molecule has 0 radical (unpaired) electrons. The van der Waals surface area contributed by atoms with E-state index in [2.05, 4.69) is 63.1 Å². The van der Waals surface area contributed by atoms with Gasteiger partial charge in [-0.05, 0) is 37.3 Å². The van der Waals surface area contributed by atoms with Crippen LogP contribution in [0.5, 0.6) is 5.75 Å². The Morgan fingerprint density at radius 3 is 2.23 bits per heavy atom. The van der Waals surface area contributed by atoms with Gasteiger partial charge in [0.1, 0.15) is 17.3 Å². The van der Waals surface area contributed by atoms with E-state index in [1.165, 1.54) is 10.5 Å². The van der Waals surface area contributed by atoms with E-state index in [-0.39, 0.29) is 5.41 Å². The summed E-state index contributed by atoms with van der Waals surface area (Å²) < 4.78 is 7.37. The Labute approximate surface area is 159 Å². The fourth-order valence-corrected chi connectivity index (χ4v) is 3.44. The van der Waals surface area contributed by atoms with Crippen molar-refractivity contribution in [3.63, 3.8) is 0 Å². The highest BCUT2D eigenvalue weighted by atomic mass is 32.2. The maximum absolute atomic E-state index is 6.21. The second-order valence-corrected chi connectivity index (χ2v) is 8.51. The average molecular weight is 368 g/mol. The van der Waals surface area contributed by atoms with Crippen LogP contribution in [0.15, 0.2) is 58.3 Å². The van der Waals surface area contributed by atoms with Gasteiger partial charge in [-0.1, -0.05) is 50.2 Å². The van der Waals surface area contributed by atoms with Gasteiger partial charge in [0.05, 0.1) is 12.8 Å². The Hall–Kier alpha value is -2.40. The van der Waals surface area contributed by atoms with Crippen LogP contribution >= 0.6 is 11.8 Å². The first-order valence-electron chi connectivity index (χ1n) is 8.57. The summed E-state index contributed by atoms with van der Waals surface area (Å²) in [6, 6.07) is 16.5. The first-order chi connectivity index (χ1) is 12.3. The van der Waals surface area contributed by atoms with Crippen LogP contribution in [0.1, 0.15) is 32.0 Å². The molecule has 0 saturated heterocycles. The van der Waals surface area contributed by atoms with Gasteiger partial charge in [-0.2, -0.15) is 5.10 Å². The average Bonchev–Trinajstić information content (AvgIpc) is 2.99. The number of ether oxygens (including phenoxy) is 1. The molecule has 0 saturated carbocycles. The molecule has 26 heavy (non-hydrogen) atoms. The van der Waals surface area contributed by atoms with Crippen molar-refractivity contribution >= 4 is 17.6 Å². The van der Waals surface area contributed by atoms with Crippen LogP contribution in [0.4, 0.5) is 5.82 Å². The van der Waals surface area contributed by atoms with Crippen LogP contribution in [-0.4, -0.2) is 16.9 Å². The summed E-state index contributed by atoms with van der Waals surface area (Å²) in [5.41, 5.74) is 9.20. The SMILES string of the molecule is COc1cc(Sc2ccc(C)cc2)ccc1-n1nc(C(C)(C)C)cc1N. The molecule has 5 heteroatoms. The molecule has 0 aliphatic carbocycles. The largest absolute Gasteiger partial charge is 0.494 e. The minimum Gasteiger partial charge on any atom is -0.494 e. The van der Waals surface area contributed by atoms with Crippen molar-refractivity contribution in [2.24, 2.45) is 0 Å². The predicted octanol–water partition coefficient (Wildman–Crippen LogP) is 5.22. The van der Waals surface area contributed by atoms with Gasteiger partial charge >= 0.3 is 0 Å². The predicted molar refractivity (Wildman–Crippen MR) is 109 cm³/mol. The molecule has 0 aliphatic rings. The van der Waals surface area contributed by atoms with Crippen molar-refractivity contribution in [2.45, 2.75) is 42.9 Å². The highest BCUT2D eigenvalue weighted by molar-refractivity contribution is 7.99. The third kappa shape index (κ3) is 3.88.